The van der Waals surface area contributed by atoms with Gasteiger partial charge in [-0.15, -0.1) is 0 Å². The van der Waals surface area contributed by atoms with E-state index in [4.69, 9.17) is 15.6 Å². The third kappa shape index (κ3) is 12.2. The molecule has 0 saturated carbocycles. The number of nitrogen functional groups attached to an aromatic ring is 1. The largest absolute Gasteiger partial charge is 0.481 e. The van der Waals surface area contributed by atoms with E-state index in [1.165, 1.54) is 13.8 Å². The summed E-state index contributed by atoms with van der Waals surface area (Å²) in [4.78, 5) is 85.3. The van der Waals surface area contributed by atoms with Gasteiger partial charge < -0.3 is 56.0 Å². The van der Waals surface area contributed by atoms with Gasteiger partial charge in [0.05, 0.1) is 19.5 Å². The summed E-state index contributed by atoms with van der Waals surface area (Å²) >= 11 is 0. The molecule has 1 saturated heterocycles. The van der Waals surface area contributed by atoms with Crippen LogP contribution in [0.2, 0.25) is 0 Å². The van der Waals surface area contributed by atoms with Gasteiger partial charge in [0.15, 0.2) is 23.9 Å². The zero-order valence-electron chi connectivity index (χ0n) is 27.1. The number of nitrogens with two attached hydrogens (primary N) is 1. The lowest BCUT2D eigenvalue weighted by molar-refractivity contribution is -0.143. The fraction of sp³-hybridized carbons (Fsp3) is 0.652. The predicted octanol–water partition coefficient (Wildman–Crippen LogP) is -1.78. The van der Waals surface area contributed by atoms with Crippen LogP contribution < -0.4 is 16.4 Å². The minimum atomic E-state index is -5.59. The standard InChI is InChI=1S/C23H37FN7O18P3/c1-23(2,17(34)20(35)27-6-4-13(32)26-5-3-11(24)22(36)37)8-46-52(43,44)49-51(41,42)45-7-12-16(48-50(38,39)40)15(33)21(47-12)31-10-30-14-18(25)28-9-29-19(14)31/h9-12,15-17,21,33-34H,3-8H2,1-2H3,(H,26,32)(H,27,35)(H,36,37)(H,41,42)(H,43,44)(H2,25,28,29)(H2,38,39,40). The van der Waals surface area contributed by atoms with Crippen molar-refractivity contribution in [1.29, 1.82) is 0 Å². The Morgan fingerprint density at radius 2 is 1.73 bits per heavy atom. The molecule has 2 aromatic heterocycles. The van der Waals surface area contributed by atoms with Crippen LogP contribution in [0, 0.1) is 5.41 Å². The van der Waals surface area contributed by atoms with E-state index in [9.17, 15) is 62.3 Å². The number of ether oxygens (including phenoxy) is 1. The Balaban J connectivity index is 1.55. The van der Waals surface area contributed by atoms with E-state index < -0.39 is 103 Å². The van der Waals surface area contributed by atoms with Crippen molar-refractivity contribution in [2.45, 2.75) is 63.5 Å². The fourth-order valence-electron chi connectivity index (χ4n) is 4.40. The molecule has 0 bridgehead atoms. The van der Waals surface area contributed by atoms with E-state index in [-0.39, 0.29) is 36.5 Å². The highest BCUT2D eigenvalue weighted by Crippen LogP contribution is 2.61. The van der Waals surface area contributed by atoms with Crippen LogP contribution in [0.15, 0.2) is 12.7 Å². The molecular formula is C23H37FN7O18P3. The first-order valence-electron chi connectivity index (χ1n) is 14.7. The van der Waals surface area contributed by atoms with E-state index in [0.29, 0.717) is 0 Å². The van der Waals surface area contributed by atoms with Gasteiger partial charge in [-0.2, -0.15) is 4.31 Å². The van der Waals surface area contributed by atoms with Crippen molar-refractivity contribution in [3.05, 3.63) is 12.7 Å². The second-order valence-electron chi connectivity index (χ2n) is 11.7. The molecule has 11 N–H and O–H groups in total. The zero-order chi connectivity index (χ0) is 39.2. The van der Waals surface area contributed by atoms with Crippen molar-refractivity contribution in [2.75, 3.05) is 32.0 Å². The van der Waals surface area contributed by atoms with Crippen LogP contribution in [0.25, 0.3) is 11.2 Å². The number of carbonyl (C=O) groups excluding carboxylic acids is 2. The lowest BCUT2D eigenvalue weighted by Gasteiger charge is -2.30. The van der Waals surface area contributed by atoms with E-state index in [1.807, 2.05) is 0 Å². The predicted molar refractivity (Wildman–Crippen MR) is 167 cm³/mol. The number of rotatable bonds is 20. The molecule has 2 aromatic rings. The van der Waals surface area contributed by atoms with Crippen molar-refractivity contribution < 1.29 is 90.0 Å². The minimum absolute atomic E-state index is 0.0145. The fourth-order valence-corrected chi connectivity index (χ4v) is 7.23. The van der Waals surface area contributed by atoms with Gasteiger partial charge in [0.2, 0.25) is 11.8 Å². The summed E-state index contributed by atoms with van der Waals surface area (Å²) in [5.41, 5.74) is 4.15. The SMILES string of the molecule is CC(C)(COP(=O)(O)OP(=O)(O)OCC1OC(n2cnc3c(N)ncnc32)C(O)C1OP(=O)(O)O)C(O)C(=O)NCCC(=O)NCCC(F)C(=O)O. The quantitative estimate of drug-likeness (QED) is 0.0660. The van der Waals surface area contributed by atoms with Crippen LogP contribution in [0.4, 0.5) is 10.2 Å². The summed E-state index contributed by atoms with van der Waals surface area (Å²) in [5.74, 6) is -3.48. The van der Waals surface area contributed by atoms with E-state index in [2.05, 4.69) is 43.5 Å². The van der Waals surface area contributed by atoms with Crippen LogP contribution in [0.3, 0.4) is 0 Å². The molecule has 1 aliphatic rings. The molecule has 25 nitrogen and oxygen atoms in total. The molecule has 1 aliphatic heterocycles. The smallest absolute Gasteiger partial charge is 0.479 e. The number of aromatic nitrogens is 4. The number of hydrogen-bond acceptors (Lipinski definition) is 17. The summed E-state index contributed by atoms with van der Waals surface area (Å²) in [5, 5.41) is 34.2. The Bertz CT molecular complexity index is 1750. The Labute approximate surface area is 292 Å². The number of nitrogens with one attached hydrogen (secondary N) is 2. The van der Waals surface area contributed by atoms with E-state index >= 15 is 0 Å². The van der Waals surface area contributed by atoms with Gasteiger partial charge in [-0.1, -0.05) is 13.8 Å². The van der Waals surface area contributed by atoms with Crippen molar-refractivity contribution in [3.63, 3.8) is 0 Å². The molecule has 0 radical (unpaired) electrons. The van der Waals surface area contributed by atoms with Crippen molar-refractivity contribution >= 4 is 58.2 Å². The number of carboxylic acids is 1. The normalized spacial score (nSPS) is 23.0. The molecule has 0 aromatic carbocycles. The Kier molecular flexibility index (Phi) is 14.5. The highest BCUT2D eigenvalue weighted by atomic mass is 31.3. The Morgan fingerprint density at radius 3 is 2.37 bits per heavy atom. The number of amides is 2. The molecule has 294 valence electrons. The number of aliphatic hydroxyl groups excluding tert-OH is 2. The number of carbonyl (C=O) groups is 3. The summed E-state index contributed by atoms with van der Waals surface area (Å²) in [6, 6.07) is 0. The lowest BCUT2D eigenvalue weighted by Crippen LogP contribution is -2.46. The monoisotopic (exact) mass is 811 g/mol. The number of imidazole rings is 1. The minimum Gasteiger partial charge on any atom is -0.479 e. The molecule has 8 atom stereocenters. The molecule has 1 fully saturated rings. The van der Waals surface area contributed by atoms with Gasteiger partial charge in [-0.05, 0) is 0 Å². The molecule has 2 amide bonds. The third-order valence-electron chi connectivity index (χ3n) is 7.07. The Morgan fingerprint density at radius 1 is 1.08 bits per heavy atom. The number of alkyl halides is 1. The molecular weight excluding hydrogens is 774 g/mol. The average molecular weight is 812 g/mol. The molecule has 52 heavy (non-hydrogen) atoms. The van der Waals surface area contributed by atoms with Crippen LogP contribution >= 0.6 is 23.5 Å². The maximum Gasteiger partial charge on any atom is 0.481 e. The number of aliphatic carboxylic acids is 1. The third-order valence-corrected chi connectivity index (χ3v) is 10.2. The zero-order valence-corrected chi connectivity index (χ0v) is 29.8. The van der Waals surface area contributed by atoms with Crippen molar-refractivity contribution in [3.8, 4) is 0 Å². The number of carboxylic acid groups (broad SMARTS) is 1. The molecule has 29 heteroatoms. The summed E-state index contributed by atoms with van der Waals surface area (Å²) in [7, 11) is -16.5. The van der Waals surface area contributed by atoms with Crippen LogP contribution in [0.5, 0.6) is 0 Å². The maximum atomic E-state index is 13.0. The molecule has 8 unspecified atom stereocenters. The Hall–Kier alpha value is -3.06. The number of anilines is 1. The van der Waals surface area contributed by atoms with Gasteiger partial charge in [0.1, 0.15) is 36.3 Å². The van der Waals surface area contributed by atoms with Crippen molar-refractivity contribution in [2.24, 2.45) is 5.41 Å². The van der Waals surface area contributed by atoms with Gasteiger partial charge in [-0.3, -0.25) is 27.7 Å². The topological polar surface area (TPSA) is 384 Å². The van der Waals surface area contributed by atoms with Crippen LogP contribution in [0.1, 0.15) is 32.9 Å². The summed E-state index contributed by atoms with van der Waals surface area (Å²) in [6.07, 6.45) is -9.92. The highest BCUT2D eigenvalue weighted by Gasteiger charge is 2.50. The first-order chi connectivity index (χ1) is 23.9. The van der Waals surface area contributed by atoms with Gasteiger partial charge in [0.25, 0.3) is 0 Å². The highest BCUT2D eigenvalue weighted by molar-refractivity contribution is 7.61. The number of phosphoric acid groups is 3. The van der Waals surface area contributed by atoms with Crippen LogP contribution in [-0.2, 0) is 50.7 Å². The van der Waals surface area contributed by atoms with Gasteiger partial charge in [-0.25, -0.2) is 37.8 Å². The number of nitrogens with zero attached hydrogens (tertiary/aromatic N) is 4. The average Bonchev–Trinajstić information content (AvgIpc) is 3.58. The van der Waals surface area contributed by atoms with Crippen molar-refractivity contribution in [1.82, 2.24) is 30.2 Å². The second kappa shape index (κ2) is 17.4. The summed E-state index contributed by atoms with van der Waals surface area (Å²) < 4.78 is 74.7. The second-order valence-corrected chi connectivity index (χ2v) is 15.9. The lowest BCUT2D eigenvalue weighted by atomic mass is 9.87. The number of hydrogen-bond donors (Lipinski definition) is 10. The van der Waals surface area contributed by atoms with E-state index in [0.717, 1.165) is 17.2 Å². The number of fused-ring (bicyclic) bond motifs is 1. The molecule has 3 heterocycles. The van der Waals surface area contributed by atoms with E-state index in [1.54, 1.807) is 0 Å². The first-order valence-corrected chi connectivity index (χ1v) is 19.2. The number of aliphatic hydroxyl groups is 2. The molecule has 0 aliphatic carbocycles. The number of phosphoric ester groups is 3. The maximum absolute atomic E-state index is 13.0. The van der Waals surface area contributed by atoms with Gasteiger partial charge in [0, 0.05) is 31.3 Å². The molecule has 0 spiro atoms. The first kappa shape index (κ1) is 43.3. The molecule has 3 rings (SSSR count). The van der Waals surface area contributed by atoms with Gasteiger partial charge >= 0.3 is 29.4 Å². The number of halogens is 1. The summed E-state index contributed by atoms with van der Waals surface area (Å²) in [6.45, 7) is -0.320. The van der Waals surface area contributed by atoms with Crippen LogP contribution in [-0.4, -0.2) is 129 Å².